The number of amides is 1. The molecule has 0 unspecified atom stereocenters. The van der Waals surface area contributed by atoms with Crippen LogP contribution in [-0.4, -0.2) is 49.7 Å². The van der Waals surface area contributed by atoms with E-state index in [9.17, 15) is 4.79 Å². The minimum absolute atomic E-state index is 0.121. The molecular formula is C17H26N2O2. The van der Waals surface area contributed by atoms with Gasteiger partial charge < -0.3 is 10.1 Å². The van der Waals surface area contributed by atoms with Gasteiger partial charge in [0.1, 0.15) is 0 Å². The van der Waals surface area contributed by atoms with Crippen LogP contribution in [0.2, 0.25) is 0 Å². The molecule has 0 saturated carbocycles. The van der Waals surface area contributed by atoms with Crippen LogP contribution in [0.25, 0.3) is 0 Å². The summed E-state index contributed by atoms with van der Waals surface area (Å²) in [7, 11) is 0. The van der Waals surface area contributed by atoms with Crippen LogP contribution < -0.4 is 5.32 Å². The van der Waals surface area contributed by atoms with Crippen molar-refractivity contribution in [2.24, 2.45) is 0 Å². The first-order valence-corrected chi connectivity index (χ1v) is 7.82. The highest BCUT2D eigenvalue weighted by Gasteiger charge is 2.16. The van der Waals surface area contributed by atoms with Gasteiger partial charge in [-0.2, -0.15) is 0 Å². The fourth-order valence-electron chi connectivity index (χ4n) is 2.54. The molecule has 1 fully saturated rings. The van der Waals surface area contributed by atoms with E-state index in [1.807, 2.05) is 0 Å². The molecule has 0 spiro atoms. The number of carbonyl (C=O) groups excluding carboxylic acids is 1. The molecule has 1 N–H and O–H groups in total. The fraction of sp³-hybridized carbons (Fsp3) is 0.588. The summed E-state index contributed by atoms with van der Waals surface area (Å²) >= 11 is 0. The third kappa shape index (κ3) is 5.48. The van der Waals surface area contributed by atoms with E-state index in [4.69, 9.17) is 4.74 Å². The summed E-state index contributed by atoms with van der Waals surface area (Å²) in [5.41, 5.74) is 2.54. The Morgan fingerprint density at radius 3 is 2.57 bits per heavy atom. The van der Waals surface area contributed by atoms with Gasteiger partial charge >= 0.3 is 0 Å². The molecule has 2 rings (SSSR count). The van der Waals surface area contributed by atoms with Crippen LogP contribution in [0.15, 0.2) is 24.3 Å². The monoisotopic (exact) mass is 290 g/mol. The van der Waals surface area contributed by atoms with E-state index in [0.717, 1.165) is 39.1 Å². The third-order valence-electron chi connectivity index (χ3n) is 3.93. The second-order valence-corrected chi connectivity index (χ2v) is 5.75. The van der Waals surface area contributed by atoms with Crippen LogP contribution in [-0.2, 0) is 16.0 Å². The van der Waals surface area contributed by atoms with Gasteiger partial charge in [-0.3, -0.25) is 9.69 Å². The molecule has 0 radical (unpaired) electrons. The van der Waals surface area contributed by atoms with Crippen LogP contribution >= 0.6 is 0 Å². The highest BCUT2D eigenvalue weighted by atomic mass is 16.5. The number of carbonyl (C=O) groups is 1. The van der Waals surface area contributed by atoms with E-state index in [-0.39, 0.29) is 11.9 Å². The van der Waals surface area contributed by atoms with Crippen molar-refractivity contribution in [3.8, 4) is 0 Å². The Hall–Kier alpha value is -1.39. The second-order valence-electron chi connectivity index (χ2n) is 5.75. The number of hydrogen-bond donors (Lipinski definition) is 1. The molecule has 21 heavy (non-hydrogen) atoms. The number of ether oxygens (including phenoxy) is 1. The standard InChI is InChI=1S/C17H26N2O2/c1-3-16(12-15-6-4-14(2)5-7-15)18-17(20)13-19-8-10-21-11-9-19/h4-7,16H,3,8-13H2,1-2H3,(H,18,20)/t16-/m0/s1. The molecule has 1 atom stereocenters. The predicted octanol–water partition coefficient (Wildman–Crippen LogP) is 1.76. The van der Waals surface area contributed by atoms with Crippen molar-refractivity contribution in [1.29, 1.82) is 0 Å². The van der Waals surface area contributed by atoms with Gasteiger partial charge in [0.2, 0.25) is 5.91 Å². The first-order valence-electron chi connectivity index (χ1n) is 7.82. The molecule has 1 aliphatic heterocycles. The van der Waals surface area contributed by atoms with Gasteiger partial charge in [-0.05, 0) is 25.3 Å². The normalized spacial score (nSPS) is 17.4. The van der Waals surface area contributed by atoms with E-state index in [2.05, 4.69) is 48.3 Å². The lowest BCUT2D eigenvalue weighted by Crippen LogP contribution is -2.46. The van der Waals surface area contributed by atoms with Crippen molar-refractivity contribution in [3.05, 3.63) is 35.4 Å². The van der Waals surface area contributed by atoms with Crippen LogP contribution in [0.4, 0.5) is 0 Å². The zero-order chi connectivity index (χ0) is 15.1. The summed E-state index contributed by atoms with van der Waals surface area (Å²) in [6.07, 6.45) is 1.84. The van der Waals surface area contributed by atoms with Crippen LogP contribution in [0.3, 0.4) is 0 Å². The van der Waals surface area contributed by atoms with Gasteiger partial charge in [0, 0.05) is 19.1 Å². The van der Waals surface area contributed by atoms with E-state index in [1.54, 1.807) is 0 Å². The summed E-state index contributed by atoms with van der Waals surface area (Å²) in [4.78, 5) is 14.3. The number of benzene rings is 1. The SMILES string of the molecule is CC[C@@H](Cc1ccc(C)cc1)NC(=O)CN1CCOCC1. The number of nitrogens with one attached hydrogen (secondary N) is 1. The van der Waals surface area contributed by atoms with Gasteiger partial charge in [0.15, 0.2) is 0 Å². The minimum Gasteiger partial charge on any atom is -0.379 e. The number of nitrogens with zero attached hydrogens (tertiary/aromatic N) is 1. The number of morpholine rings is 1. The van der Waals surface area contributed by atoms with E-state index in [0.29, 0.717) is 6.54 Å². The molecule has 4 heteroatoms. The van der Waals surface area contributed by atoms with Crippen molar-refractivity contribution in [1.82, 2.24) is 10.2 Å². The lowest BCUT2D eigenvalue weighted by Gasteiger charge is -2.27. The van der Waals surface area contributed by atoms with Gasteiger partial charge in [-0.1, -0.05) is 36.8 Å². The number of aryl methyl sites for hydroxylation is 1. The summed E-state index contributed by atoms with van der Waals surface area (Å²) < 4.78 is 5.30. The van der Waals surface area contributed by atoms with Crippen LogP contribution in [0, 0.1) is 6.92 Å². The lowest BCUT2D eigenvalue weighted by molar-refractivity contribution is -0.124. The van der Waals surface area contributed by atoms with E-state index >= 15 is 0 Å². The average Bonchev–Trinajstić information content (AvgIpc) is 2.49. The van der Waals surface area contributed by atoms with Gasteiger partial charge in [0.25, 0.3) is 0 Å². The smallest absolute Gasteiger partial charge is 0.234 e. The maximum absolute atomic E-state index is 12.1. The largest absolute Gasteiger partial charge is 0.379 e. The predicted molar refractivity (Wildman–Crippen MR) is 84.4 cm³/mol. The quantitative estimate of drug-likeness (QED) is 0.868. The summed E-state index contributed by atoms with van der Waals surface area (Å²) in [6, 6.07) is 8.74. The maximum Gasteiger partial charge on any atom is 0.234 e. The van der Waals surface area contributed by atoms with Crippen LogP contribution in [0.1, 0.15) is 24.5 Å². The Morgan fingerprint density at radius 2 is 1.95 bits per heavy atom. The molecule has 116 valence electrons. The third-order valence-corrected chi connectivity index (χ3v) is 3.93. The Labute approximate surface area is 127 Å². The fourth-order valence-corrected chi connectivity index (χ4v) is 2.54. The van der Waals surface area contributed by atoms with Gasteiger partial charge in [-0.25, -0.2) is 0 Å². The van der Waals surface area contributed by atoms with Crippen LogP contribution in [0.5, 0.6) is 0 Å². The molecule has 4 nitrogen and oxygen atoms in total. The van der Waals surface area contributed by atoms with Crippen molar-refractivity contribution in [2.75, 3.05) is 32.8 Å². The summed E-state index contributed by atoms with van der Waals surface area (Å²) in [6.45, 7) is 7.85. The molecule has 0 bridgehead atoms. The van der Waals surface area contributed by atoms with Crippen molar-refractivity contribution in [3.63, 3.8) is 0 Å². The molecule has 1 aromatic carbocycles. The first-order chi connectivity index (χ1) is 10.2. The molecule has 1 aliphatic rings. The van der Waals surface area contributed by atoms with Gasteiger partial charge in [0.05, 0.1) is 19.8 Å². The summed E-state index contributed by atoms with van der Waals surface area (Å²) in [5.74, 6) is 0.121. The van der Waals surface area contributed by atoms with Crippen molar-refractivity contribution in [2.45, 2.75) is 32.7 Å². The van der Waals surface area contributed by atoms with Gasteiger partial charge in [-0.15, -0.1) is 0 Å². The number of rotatable bonds is 6. The Bertz CT molecular complexity index is 439. The Morgan fingerprint density at radius 1 is 1.29 bits per heavy atom. The molecule has 1 heterocycles. The lowest BCUT2D eigenvalue weighted by atomic mass is 10.0. The molecule has 0 aromatic heterocycles. The zero-order valence-electron chi connectivity index (χ0n) is 13.1. The molecule has 1 saturated heterocycles. The topological polar surface area (TPSA) is 41.6 Å². The molecule has 0 aliphatic carbocycles. The highest BCUT2D eigenvalue weighted by Crippen LogP contribution is 2.08. The van der Waals surface area contributed by atoms with Crippen molar-refractivity contribution < 1.29 is 9.53 Å². The minimum atomic E-state index is 0.121. The maximum atomic E-state index is 12.1. The Kier molecular flexibility index (Phi) is 6.21. The summed E-state index contributed by atoms with van der Waals surface area (Å²) in [5, 5.41) is 3.16. The number of hydrogen-bond acceptors (Lipinski definition) is 3. The highest BCUT2D eigenvalue weighted by molar-refractivity contribution is 5.78. The molecular weight excluding hydrogens is 264 g/mol. The van der Waals surface area contributed by atoms with Crippen molar-refractivity contribution >= 4 is 5.91 Å². The Balaban J connectivity index is 1.80. The molecule has 1 aromatic rings. The first kappa shape index (κ1) is 16.0. The average molecular weight is 290 g/mol. The second kappa shape index (κ2) is 8.15. The van der Waals surface area contributed by atoms with E-state index < -0.39 is 0 Å². The zero-order valence-corrected chi connectivity index (χ0v) is 13.1. The van der Waals surface area contributed by atoms with E-state index in [1.165, 1.54) is 11.1 Å². The molecule has 1 amide bonds.